The molecular weight excluding hydrogens is 267 g/mol. The first kappa shape index (κ1) is 14.7. The molecule has 5 nitrogen and oxygen atoms in total. The van der Waals surface area contributed by atoms with E-state index in [1.807, 2.05) is 0 Å². The zero-order chi connectivity index (χ0) is 13.4. The molecule has 0 aliphatic heterocycles. The van der Waals surface area contributed by atoms with E-state index in [1.165, 1.54) is 0 Å². The molecule has 0 aliphatic rings. The number of alkyl halides is 4. The molecule has 0 aliphatic carbocycles. The van der Waals surface area contributed by atoms with Crippen LogP contribution < -0.4 is 0 Å². The molecule has 11 heteroatoms. The molecule has 1 atom stereocenters. The molecule has 0 saturated heterocycles. The Morgan fingerprint density at radius 1 is 1.12 bits per heavy atom. The second-order valence-electron chi connectivity index (χ2n) is 2.35. The number of carbonyl (C=O) groups excluding carboxylic acids is 2. The number of Topliss-reactive ketones (excluding diaryl/α,β-unsaturated/α-hetero) is 1. The van der Waals surface area contributed by atoms with Crippen molar-refractivity contribution in [3.63, 3.8) is 0 Å². The van der Waals surface area contributed by atoms with Crippen molar-refractivity contribution < 1.29 is 44.2 Å². The molecule has 0 spiro atoms. The molecule has 94 valence electrons. The summed E-state index contributed by atoms with van der Waals surface area (Å²) in [4.78, 5) is 20.7. The van der Waals surface area contributed by atoms with E-state index in [1.54, 1.807) is 0 Å². The molecule has 0 heterocycles. The van der Waals surface area contributed by atoms with E-state index in [0.29, 0.717) is 0 Å². The summed E-state index contributed by atoms with van der Waals surface area (Å²) < 4.78 is 84.0. The van der Waals surface area contributed by atoms with Crippen molar-refractivity contribution in [3.05, 3.63) is 0 Å². The molecule has 0 aromatic rings. The summed E-state index contributed by atoms with van der Waals surface area (Å²) in [5, 5.41) is -5.43. The maximum Gasteiger partial charge on any atom is 0.455 e. The van der Waals surface area contributed by atoms with Crippen LogP contribution in [0.2, 0.25) is 0 Å². The number of rotatable bonds is 3. The van der Waals surface area contributed by atoms with Crippen LogP contribution in [0.4, 0.5) is 21.4 Å². The first-order chi connectivity index (χ1) is 6.89. The lowest BCUT2D eigenvalue weighted by molar-refractivity contribution is -0.184. The van der Waals surface area contributed by atoms with Gasteiger partial charge in [0.15, 0.2) is 0 Å². The molecule has 0 fully saturated rings. The maximum atomic E-state index is 13.1. The van der Waals surface area contributed by atoms with E-state index in [4.69, 9.17) is 0 Å². The quantitative estimate of drug-likeness (QED) is 0.318. The highest BCUT2D eigenvalue weighted by molar-refractivity contribution is 7.89. The van der Waals surface area contributed by atoms with E-state index < -0.39 is 33.2 Å². The molecule has 0 saturated carbocycles. The number of halogens is 5. The standard InChI is InChI=1S/C5H3F5O5S/c1-15-3(12)4(6,16(10,13)14)2(11)5(7,8)9/h1H3. The van der Waals surface area contributed by atoms with Gasteiger partial charge >= 0.3 is 33.2 Å². The summed E-state index contributed by atoms with van der Waals surface area (Å²) in [5.41, 5.74) is 0. The van der Waals surface area contributed by atoms with Crippen LogP contribution in [0.3, 0.4) is 0 Å². The first-order valence-corrected chi connectivity index (χ1v) is 4.60. The molecule has 0 bridgehead atoms. The van der Waals surface area contributed by atoms with E-state index in [9.17, 15) is 39.5 Å². The smallest absolute Gasteiger partial charge is 0.455 e. The molecule has 0 aromatic heterocycles. The molecule has 0 radical (unpaired) electrons. The largest absolute Gasteiger partial charge is 0.465 e. The summed E-state index contributed by atoms with van der Waals surface area (Å²) in [7, 11) is -6.49. The Kier molecular flexibility index (Phi) is 3.65. The van der Waals surface area contributed by atoms with Crippen LogP contribution >= 0.6 is 0 Å². The van der Waals surface area contributed by atoms with Crippen molar-refractivity contribution in [2.45, 2.75) is 11.2 Å². The Morgan fingerprint density at radius 2 is 1.50 bits per heavy atom. The lowest BCUT2D eigenvalue weighted by Crippen LogP contribution is -2.53. The highest BCUT2D eigenvalue weighted by atomic mass is 32.3. The van der Waals surface area contributed by atoms with Gasteiger partial charge in [-0.15, -0.1) is 3.89 Å². The second-order valence-corrected chi connectivity index (χ2v) is 3.79. The molecular formula is C5H3F5O5S. The summed E-state index contributed by atoms with van der Waals surface area (Å²) >= 11 is 0. The van der Waals surface area contributed by atoms with Crippen LogP contribution in [0, 0.1) is 0 Å². The van der Waals surface area contributed by atoms with Gasteiger partial charge in [-0.2, -0.15) is 21.6 Å². The van der Waals surface area contributed by atoms with Crippen LogP contribution in [0.1, 0.15) is 0 Å². The van der Waals surface area contributed by atoms with Gasteiger partial charge in [-0.25, -0.2) is 9.18 Å². The number of esters is 1. The topological polar surface area (TPSA) is 77.5 Å². The molecule has 0 aromatic carbocycles. The zero-order valence-electron chi connectivity index (χ0n) is 7.34. The average Bonchev–Trinajstić information content (AvgIpc) is 2.10. The third-order valence-electron chi connectivity index (χ3n) is 1.33. The second kappa shape index (κ2) is 3.96. The van der Waals surface area contributed by atoms with E-state index in [-0.39, 0.29) is 7.11 Å². The third kappa shape index (κ3) is 2.28. The highest BCUT2D eigenvalue weighted by Crippen LogP contribution is 2.32. The van der Waals surface area contributed by atoms with Crippen LogP contribution in [0.25, 0.3) is 0 Å². The number of hydrogen-bond donors (Lipinski definition) is 0. The van der Waals surface area contributed by atoms with Gasteiger partial charge in [0.1, 0.15) is 0 Å². The van der Waals surface area contributed by atoms with E-state index >= 15 is 0 Å². The Bertz CT molecular complexity index is 411. The van der Waals surface area contributed by atoms with Gasteiger partial charge in [0, 0.05) is 0 Å². The van der Waals surface area contributed by atoms with Gasteiger partial charge in [0.05, 0.1) is 7.11 Å². The monoisotopic (exact) mass is 270 g/mol. The van der Waals surface area contributed by atoms with Crippen molar-refractivity contribution in [2.75, 3.05) is 7.11 Å². The first-order valence-electron chi connectivity index (χ1n) is 3.22. The highest BCUT2D eigenvalue weighted by Gasteiger charge is 2.68. The number of ketones is 1. The summed E-state index contributed by atoms with van der Waals surface area (Å²) in [5.74, 6) is -6.52. The third-order valence-corrected chi connectivity index (χ3v) is 2.36. The van der Waals surface area contributed by atoms with Gasteiger partial charge in [-0.3, -0.25) is 4.79 Å². The molecule has 1 unspecified atom stereocenters. The van der Waals surface area contributed by atoms with Crippen molar-refractivity contribution in [3.8, 4) is 0 Å². The number of hydrogen-bond acceptors (Lipinski definition) is 5. The predicted octanol–water partition coefficient (Wildman–Crippen LogP) is 0.256. The fourth-order valence-corrected chi connectivity index (χ4v) is 1.24. The van der Waals surface area contributed by atoms with Gasteiger partial charge in [0.25, 0.3) is 0 Å². The van der Waals surface area contributed by atoms with Gasteiger partial charge in [-0.1, -0.05) is 0 Å². The Balaban J connectivity index is 5.83. The van der Waals surface area contributed by atoms with Crippen LogP contribution in [-0.4, -0.2) is 38.5 Å². The molecule has 0 amide bonds. The van der Waals surface area contributed by atoms with Crippen molar-refractivity contribution in [1.82, 2.24) is 0 Å². The van der Waals surface area contributed by atoms with E-state index in [2.05, 4.69) is 4.74 Å². The molecule has 0 N–H and O–H groups in total. The molecule has 0 rings (SSSR count). The number of ether oxygens (including phenoxy) is 1. The number of carbonyl (C=O) groups is 2. The van der Waals surface area contributed by atoms with Crippen LogP contribution in [0.15, 0.2) is 0 Å². The average molecular weight is 270 g/mol. The number of methoxy groups -OCH3 is 1. The summed E-state index contributed by atoms with van der Waals surface area (Å²) in [6.45, 7) is 0. The fraction of sp³-hybridized carbons (Fsp3) is 0.600. The minimum Gasteiger partial charge on any atom is -0.465 e. The Hall–Kier alpha value is -1.26. The van der Waals surface area contributed by atoms with Crippen LogP contribution in [0.5, 0.6) is 0 Å². The fourth-order valence-electron chi connectivity index (χ4n) is 0.617. The van der Waals surface area contributed by atoms with Crippen molar-refractivity contribution in [2.24, 2.45) is 0 Å². The zero-order valence-corrected chi connectivity index (χ0v) is 8.16. The SMILES string of the molecule is COC(=O)C(F)(C(=O)C(F)(F)F)S(=O)(=O)F. The lowest BCUT2D eigenvalue weighted by atomic mass is 10.2. The minimum absolute atomic E-state index is 0.283. The molecule has 16 heavy (non-hydrogen) atoms. The summed E-state index contributed by atoms with van der Waals surface area (Å²) in [6.07, 6.45) is -6.05. The summed E-state index contributed by atoms with van der Waals surface area (Å²) in [6, 6.07) is 0. The van der Waals surface area contributed by atoms with Gasteiger partial charge < -0.3 is 4.74 Å². The lowest BCUT2D eigenvalue weighted by Gasteiger charge is -2.17. The predicted molar refractivity (Wildman–Crippen MR) is 36.9 cm³/mol. The Morgan fingerprint density at radius 3 is 1.69 bits per heavy atom. The van der Waals surface area contributed by atoms with Crippen molar-refractivity contribution >= 4 is 22.0 Å². The van der Waals surface area contributed by atoms with Crippen molar-refractivity contribution in [1.29, 1.82) is 0 Å². The maximum absolute atomic E-state index is 13.1. The van der Waals surface area contributed by atoms with Gasteiger partial charge in [0.2, 0.25) is 0 Å². The van der Waals surface area contributed by atoms with Crippen LogP contribution in [-0.2, 0) is 24.5 Å². The Labute approximate surface area is 85.4 Å². The van der Waals surface area contributed by atoms with Gasteiger partial charge in [-0.05, 0) is 0 Å². The van der Waals surface area contributed by atoms with E-state index in [0.717, 1.165) is 0 Å². The normalized spacial score (nSPS) is 16.4. The minimum atomic E-state index is -6.77.